The van der Waals surface area contributed by atoms with Crippen molar-refractivity contribution in [1.82, 2.24) is 9.46 Å². The second-order valence-corrected chi connectivity index (χ2v) is 1.01. The lowest BCUT2D eigenvalue weighted by Gasteiger charge is -1.76. The highest BCUT2D eigenvalue weighted by molar-refractivity contribution is 6.06. The predicted molar refractivity (Wildman–Crippen MR) is 27.0 cm³/mol. The molecule has 2 N–H and O–H groups in total. The number of rotatable bonds is 0. The maximum atomic E-state index is 5.13. The third-order valence-corrected chi connectivity index (χ3v) is 0.525. The molecule has 0 unspecified atom stereocenters. The van der Waals surface area contributed by atoms with E-state index in [1.54, 1.807) is 12.4 Å². The third-order valence-electron chi connectivity index (χ3n) is 0.525. The Morgan fingerprint density at radius 3 is 2.43 bits per heavy atom. The third kappa shape index (κ3) is 1.41. The molecular formula is C3H5BN2O. The summed E-state index contributed by atoms with van der Waals surface area (Å²) in [6, 6.07) is 0. The van der Waals surface area contributed by atoms with E-state index in [9.17, 15) is 0 Å². The molecular weight excluding hydrogens is 90.9 g/mol. The Balaban J connectivity index is 0.000000360. The quantitative estimate of drug-likeness (QED) is 0.381. The zero-order chi connectivity index (χ0) is 4.41. The fourth-order valence-corrected chi connectivity index (χ4v) is 0.269. The minimum atomic E-state index is 0. The average molecular weight is 95.9 g/mol. The summed E-state index contributed by atoms with van der Waals surface area (Å²) in [5, 5.41) is 0. The monoisotopic (exact) mass is 96.0 g/mol. The van der Waals surface area contributed by atoms with Crippen LogP contribution in [0.4, 0.5) is 0 Å². The minimum Gasteiger partial charge on any atom is -0.412 e. The number of aromatic nitrogens is 2. The summed E-state index contributed by atoms with van der Waals surface area (Å²) in [6.07, 6.45) is 4.82. The average Bonchev–Trinajstić information content (AvgIpc) is 1.86. The van der Waals surface area contributed by atoms with Gasteiger partial charge in [-0.2, -0.15) is 0 Å². The van der Waals surface area contributed by atoms with Crippen molar-refractivity contribution in [3.8, 4) is 0 Å². The van der Waals surface area contributed by atoms with Crippen molar-refractivity contribution in [3.63, 3.8) is 0 Å². The summed E-state index contributed by atoms with van der Waals surface area (Å²) >= 11 is 0. The van der Waals surface area contributed by atoms with Gasteiger partial charge in [0.15, 0.2) is 0 Å². The van der Waals surface area contributed by atoms with E-state index in [1.165, 1.54) is 10.8 Å². The summed E-state index contributed by atoms with van der Waals surface area (Å²) in [4.78, 5) is 3.66. The minimum absolute atomic E-state index is 0. The summed E-state index contributed by atoms with van der Waals surface area (Å²) < 4.78 is 1.39. The van der Waals surface area contributed by atoms with Crippen LogP contribution in [0.15, 0.2) is 18.7 Å². The van der Waals surface area contributed by atoms with Crippen LogP contribution in [0.1, 0.15) is 0 Å². The Bertz CT molecular complexity index is 116. The first-order chi connectivity index (χ1) is 2.89. The van der Waals surface area contributed by atoms with Crippen LogP contribution in [0, 0.1) is 0 Å². The molecule has 0 atom stereocenters. The van der Waals surface area contributed by atoms with Crippen molar-refractivity contribution in [2.24, 2.45) is 0 Å². The Hall–Kier alpha value is -0.765. The van der Waals surface area contributed by atoms with Gasteiger partial charge in [0.25, 0.3) is 0 Å². The molecule has 0 aromatic carbocycles. The van der Waals surface area contributed by atoms with Crippen molar-refractivity contribution < 1.29 is 5.48 Å². The van der Waals surface area contributed by atoms with Crippen LogP contribution in [0.2, 0.25) is 0 Å². The van der Waals surface area contributed by atoms with Gasteiger partial charge in [-0.3, -0.25) is 0 Å². The molecule has 0 bridgehead atoms. The Kier molecular flexibility index (Phi) is 2.15. The van der Waals surface area contributed by atoms with E-state index in [2.05, 4.69) is 4.98 Å². The molecule has 0 saturated heterocycles. The number of hydrogen-bond acceptors (Lipinski definition) is 1. The molecule has 1 rings (SSSR count). The van der Waals surface area contributed by atoms with Crippen LogP contribution < -0.4 is 0 Å². The van der Waals surface area contributed by atoms with Crippen molar-refractivity contribution in [3.05, 3.63) is 18.7 Å². The zero-order valence-corrected chi connectivity index (χ0v) is 3.70. The van der Waals surface area contributed by atoms with Gasteiger partial charge in [-0.05, 0) is 0 Å². The molecule has 1 aromatic heterocycles. The second kappa shape index (κ2) is 2.42. The van der Waals surface area contributed by atoms with Crippen molar-refractivity contribution in [1.29, 1.82) is 0 Å². The first kappa shape index (κ1) is 6.23. The molecule has 1 aromatic rings. The Morgan fingerprint density at radius 2 is 2.29 bits per heavy atom. The summed E-state index contributed by atoms with van der Waals surface area (Å²) in [6.45, 7) is 0. The second-order valence-electron chi connectivity index (χ2n) is 1.01. The fraction of sp³-hybridized carbons (Fsp3) is 0. The Labute approximate surface area is 42.7 Å². The van der Waals surface area contributed by atoms with Gasteiger partial charge in [0.2, 0.25) is 7.98 Å². The van der Waals surface area contributed by atoms with E-state index in [0.717, 1.165) is 0 Å². The highest BCUT2D eigenvalue weighted by atomic mass is 16.0. The van der Waals surface area contributed by atoms with Crippen molar-refractivity contribution in [2.45, 2.75) is 0 Å². The molecule has 1 heterocycles. The largest absolute Gasteiger partial charge is 0.412 e. The van der Waals surface area contributed by atoms with Gasteiger partial charge in [0, 0.05) is 12.4 Å². The lowest BCUT2D eigenvalue weighted by atomic mass is 10.4. The molecule has 0 fully saturated rings. The van der Waals surface area contributed by atoms with Crippen molar-refractivity contribution in [2.75, 3.05) is 0 Å². The molecule has 36 valence electrons. The molecule has 0 aliphatic carbocycles. The van der Waals surface area contributed by atoms with Gasteiger partial charge in [-0.1, -0.05) is 0 Å². The van der Waals surface area contributed by atoms with E-state index in [4.69, 9.17) is 7.98 Å². The molecule has 0 aliphatic heterocycles. The normalized spacial score (nSPS) is 7.43. The molecule has 0 spiro atoms. The molecule has 0 saturated carbocycles. The van der Waals surface area contributed by atoms with Crippen LogP contribution in [0.25, 0.3) is 0 Å². The number of hydrogen-bond donors (Lipinski definition) is 0. The molecule has 3 nitrogen and oxygen atoms in total. The molecule has 4 heteroatoms. The highest BCUT2D eigenvalue weighted by Crippen LogP contribution is 1.72. The Morgan fingerprint density at radius 1 is 1.57 bits per heavy atom. The smallest absolute Gasteiger partial charge is 0.235 e. The molecule has 7 heavy (non-hydrogen) atoms. The first-order valence-electron chi connectivity index (χ1n) is 1.62. The van der Waals surface area contributed by atoms with Gasteiger partial charge in [0.1, 0.15) is 0 Å². The standard InChI is InChI=1S/C3H3BN2.H2O/c4-6-2-1-5-3-6;/h1-3H;1H2. The van der Waals surface area contributed by atoms with Gasteiger partial charge in [-0.25, -0.2) is 4.98 Å². The number of nitrogens with zero attached hydrogens (tertiary/aromatic N) is 2. The first-order valence-corrected chi connectivity index (χ1v) is 1.62. The van der Waals surface area contributed by atoms with E-state index in [1.807, 2.05) is 0 Å². The SMILES string of the molecule is O.[B]n1ccnc1. The van der Waals surface area contributed by atoms with Crippen LogP contribution in [-0.4, -0.2) is 22.9 Å². The van der Waals surface area contributed by atoms with E-state index in [0.29, 0.717) is 0 Å². The zero-order valence-electron chi connectivity index (χ0n) is 3.70. The lowest BCUT2D eigenvalue weighted by Crippen LogP contribution is -1.81. The topological polar surface area (TPSA) is 49.3 Å². The van der Waals surface area contributed by atoms with Crippen LogP contribution in [0.3, 0.4) is 0 Å². The lowest BCUT2D eigenvalue weighted by molar-refractivity contribution is 0.824. The van der Waals surface area contributed by atoms with E-state index < -0.39 is 0 Å². The fourth-order valence-electron chi connectivity index (χ4n) is 0.269. The van der Waals surface area contributed by atoms with E-state index >= 15 is 0 Å². The summed E-state index contributed by atoms with van der Waals surface area (Å²) in [5.41, 5.74) is 0. The maximum Gasteiger partial charge on any atom is 0.235 e. The van der Waals surface area contributed by atoms with Gasteiger partial charge < -0.3 is 9.95 Å². The van der Waals surface area contributed by atoms with Crippen LogP contribution in [-0.2, 0) is 0 Å². The molecule has 0 aliphatic rings. The van der Waals surface area contributed by atoms with Crippen LogP contribution in [0.5, 0.6) is 0 Å². The summed E-state index contributed by atoms with van der Waals surface area (Å²) in [7, 11) is 5.13. The number of imidazole rings is 1. The van der Waals surface area contributed by atoms with Gasteiger partial charge in [0.05, 0.1) is 6.33 Å². The summed E-state index contributed by atoms with van der Waals surface area (Å²) in [5.74, 6) is 0. The van der Waals surface area contributed by atoms with Gasteiger partial charge >= 0.3 is 0 Å². The van der Waals surface area contributed by atoms with Crippen molar-refractivity contribution >= 4 is 7.98 Å². The maximum absolute atomic E-state index is 5.13. The molecule has 2 radical (unpaired) electrons. The van der Waals surface area contributed by atoms with Gasteiger partial charge in [-0.15, -0.1) is 0 Å². The van der Waals surface area contributed by atoms with Crippen LogP contribution >= 0.6 is 0 Å². The molecule has 0 amide bonds. The predicted octanol–water partition coefficient (Wildman–Crippen LogP) is -1.01. The highest BCUT2D eigenvalue weighted by Gasteiger charge is 1.69. The van der Waals surface area contributed by atoms with E-state index in [-0.39, 0.29) is 5.48 Å².